The molecular formula is C14H34O3Si2. The molecule has 5 heteroatoms. The zero-order valence-electron chi connectivity index (χ0n) is 13.9. The molecule has 0 aliphatic carbocycles. The van der Waals surface area contributed by atoms with Gasteiger partial charge in [-0.05, 0) is 20.8 Å². The SMILES string of the molecule is CCOC[Si](CC[Si](C)(C)C)(COCC)COCC. The van der Waals surface area contributed by atoms with Crippen LogP contribution in [0.2, 0.25) is 31.7 Å². The fourth-order valence-corrected chi connectivity index (χ4v) is 9.65. The van der Waals surface area contributed by atoms with E-state index in [1.54, 1.807) is 0 Å². The van der Waals surface area contributed by atoms with Gasteiger partial charge in [-0.2, -0.15) is 0 Å². The van der Waals surface area contributed by atoms with Crippen molar-refractivity contribution in [3.63, 3.8) is 0 Å². The fourth-order valence-electron chi connectivity index (χ4n) is 1.94. The monoisotopic (exact) mass is 306 g/mol. The summed E-state index contributed by atoms with van der Waals surface area (Å²) in [6, 6.07) is 2.63. The highest BCUT2D eigenvalue weighted by atomic mass is 28.3. The van der Waals surface area contributed by atoms with E-state index < -0.39 is 16.1 Å². The van der Waals surface area contributed by atoms with E-state index in [1.807, 2.05) is 0 Å². The molecule has 0 unspecified atom stereocenters. The summed E-state index contributed by atoms with van der Waals surface area (Å²) in [5, 5.41) is 0. The standard InChI is InChI=1S/C14H34O3Si2/c1-7-15-12-19(13-16-8-2,14-17-9-3)11-10-18(4,5)6/h7-14H2,1-6H3. The summed E-state index contributed by atoms with van der Waals surface area (Å²) in [5.41, 5.74) is 0. The number of hydrogen-bond acceptors (Lipinski definition) is 3. The smallest absolute Gasteiger partial charge is 0.140 e. The molecule has 0 amide bonds. The van der Waals surface area contributed by atoms with E-state index in [0.717, 1.165) is 38.5 Å². The van der Waals surface area contributed by atoms with Gasteiger partial charge < -0.3 is 14.2 Å². The van der Waals surface area contributed by atoms with Gasteiger partial charge >= 0.3 is 0 Å². The highest BCUT2D eigenvalue weighted by Crippen LogP contribution is 2.21. The molecule has 0 aromatic rings. The minimum atomic E-state index is -1.60. The van der Waals surface area contributed by atoms with Crippen molar-refractivity contribution in [3.05, 3.63) is 0 Å². The van der Waals surface area contributed by atoms with Crippen molar-refractivity contribution in [2.75, 3.05) is 38.5 Å². The first kappa shape index (κ1) is 19.3. The maximum absolute atomic E-state index is 5.78. The Kier molecular flexibility index (Phi) is 10.3. The van der Waals surface area contributed by atoms with Crippen molar-refractivity contribution >= 4 is 16.1 Å². The molecule has 116 valence electrons. The van der Waals surface area contributed by atoms with Gasteiger partial charge in [-0.25, -0.2) is 0 Å². The highest BCUT2D eigenvalue weighted by Gasteiger charge is 2.35. The van der Waals surface area contributed by atoms with E-state index in [1.165, 1.54) is 12.1 Å². The van der Waals surface area contributed by atoms with Gasteiger partial charge in [0.05, 0.1) is 0 Å². The molecule has 0 radical (unpaired) electrons. The van der Waals surface area contributed by atoms with Gasteiger partial charge in [0, 0.05) is 46.6 Å². The molecule has 0 heterocycles. The second kappa shape index (κ2) is 10.1. The van der Waals surface area contributed by atoms with Crippen molar-refractivity contribution in [2.24, 2.45) is 0 Å². The van der Waals surface area contributed by atoms with Crippen molar-refractivity contribution in [2.45, 2.75) is 52.5 Å². The minimum Gasteiger partial charge on any atom is -0.385 e. The van der Waals surface area contributed by atoms with E-state index in [9.17, 15) is 0 Å². The molecule has 0 bridgehead atoms. The molecule has 0 aromatic carbocycles. The van der Waals surface area contributed by atoms with Gasteiger partial charge in [0.2, 0.25) is 0 Å². The van der Waals surface area contributed by atoms with Gasteiger partial charge in [0.15, 0.2) is 0 Å². The van der Waals surface area contributed by atoms with Crippen LogP contribution in [0.4, 0.5) is 0 Å². The van der Waals surface area contributed by atoms with E-state index in [4.69, 9.17) is 14.2 Å². The van der Waals surface area contributed by atoms with Gasteiger partial charge in [-0.1, -0.05) is 31.7 Å². The van der Waals surface area contributed by atoms with Gasteiger partial charge in [0.1, 0.15) is 8.07 Å². The van der Waals surface area contributed by atoms with Crippen LogP contribution in [-0.2, 0) is 14.2 Å². The van der Waals surface area contributed by atoms with Crippen LogP contribution in [0.25, 0.3) is 0 Å². The summed E-state index contributed by atoms with van der Waals surface area (Å²) in [7, 11) is -2.62. The van der Waals surface area contributed by atoms with Gasteiger partial charge in [-0.3, -0.25) is 0 Å². The molecule has 0 saturated heterocycles. The van der Waals surface area contributed by atoms with Crippen LogP contribution < -0.4 is 0 Å². The molecule has 0 fully saturated rings. The van der Waals surface area contributed by atoms with E-state index in [-0.39, 0.29) is 0 Å². The van der Waals surface area contributed by atoms with Crippen LogP contribution in [0.1, 0.15) is 20.8 Å². The molecule has 0 aliphatic heterocycles. The molecule has 3 nitrogen and oxygen atoms in total. The first-order valence-electron chi connectivity index (χ1n) is 7.62. The lowest BCUT2D eigenvalue weighted by Gasteiger charge is -2.32. The predicted molar refractivity (Wildman–Crippen MR) is 88.2 cm³/mol. The lowest BCUT2D eigenvalue weighted by molar-refractivity contribution is 0.138. The third kappa shape index (κ3) is 9.79. The van der Waals surface area contributed by atoms with Crippen LogP contribution in [-0.4, -0.2) is 54.7 Å². The van der Waals surface area contributed by atoms with Crippen LogP contribution >= 0.6 is 0 Å². The quantitative estimate of drug-likeness (QED) is 0.517. The minimum absolute atomic E-state index is 0.792. The summed E-state index contributed by atoms with van der Waals surface area (Å²) in [6.07, 6.45) is 2.65. The molecule has 0 rings (SSSR count). The first-order chi connectivity index (χ1) is 8.89. The second-order valence-electron chi connectivity index (χ2n) is 6.47. The van der Waals surface area contributed by atoms with Crippen LogP contribution in [0.3, 0.4) is 0 Å². The van der Waals surface area contributed by atoms with E-state index in [2.05, 4.69) is 40.4 Å². The highest BCUT2D eigenvalue weighted by molar-refractivity contribution is 6.83. The van der Waals surface area contributed by atoms with Crippen molar-refractivity contribution < 1.29 is 14.2 Å². The van der Waals surface area contributed by atoms with Crippen molar-refractivity contribution in [1.29, 1.82) is 0 Å². The summed E-state index contributed by atoms with van der Waals surface area (Å²) in [4.78, 5) is 0. The van der Waals surface area contributed by atoms with Crippen molar-refractivity contribution in [3.8, 4) is 0 Å². The van der Waals surface area contributed by atoms with Crippen LogP contribution in [0, 0.1) is 0 Å². The molecule has 0 atom stereocenters. The molecule has 0 aromatic heterocycles. The molecule has 0 aliphatic rings. The van der Waals surface area contributed by atoms with E-state index in [0.29, 0.717) is 0 Å². The Morgan fingerprint density at radius 2 is 1.00 bits per heavy atom. The normalized spacial score (nSPS) is 12.9. The lowest BCUT2D eigenvalue weighted by Crippen LogP contribution is -2.51. The second-order valence-corrected chi connectivity index (χ2v) is 16.5. The molecule has 0 saturated carbocycles. The fraction of sp³-hybridized carbons (Fsp3) is 1.00. The molecule has 0 spiro atoms. The Morgan fingerprint density at radius 1 is 0.632 bits per heavy atom. The van der Waals surface area contributed by atoms with Crippen molar-refractivity contribution in [1.82, 2.24) is 0 Å². The Balaban J connectivity index is 4.66. The third-order valence-corrected chi connectivity index (χ3v) is 9.25. The molecule has 19 heavy (non-hydrogen) atoms. The number of rotatable bonds is 12. The summed E-state index contributed by atoms with van der Waals surface area (Å²) < 4.78 is 17.3. The Bertz CT molecular complexity index is 195. The average Bonchev–Trinajstić information content (AvgIpc) is 2.36. The average molecular weight is 307 g/mol. The molecule has 0 N–H and O–H groups in total. The summed E-state index contributed by atoms with van der Waals surface area (Å²) in [5.74, 6) is 0. The summed E-state index contributed by atoms with van der Waals surface area (Å²) >= 11 is 0. The maximum atomic E-state index is 5.78. The first-order valence-corrected chi connectivity index (χ1v) is 14.2. The Morgan fingerprint density at radius 3 is 1.26 bits per heavy atom. The van der Waals surface area contributed by atoms with Gasteiger partial charge in [-0.15, -0.1) is 0 Å². The Hall–Kier alpha value is 0.314. The number of ether oxygens (including phenoxy) is 3. The van der Waals surface area contributed by atoms with Crippen LogP contribution in [0.5, 0.6) is 0 Å². The Labute approximate surface area is 122 Å². The zero-order valence-corrected chi connectivity index (χ0v) is 15.9. The third-order valence-electron chi connectivity index (χ3n) is 3.24. The lowest BCUT2D eigenvalue weighted by atomic mass is 10.9. The zero-order chi connectivity index (χ0) is 14.8. The maximum Gasteiger partial charge on any atom is 0.140 e. The van der Waals surface area contributed by atoms with Crippen LogP contribution in [0.15, 0.2) is 0 Å². The largest absolute Gasteiger partial charge is 0.385 e. The topological polar surface area (TPSA) is 27.7 Å². The summed E-state index contributed by atoms with van der Waals surface area (Å²) in [6.45, 7) is 15.9. The number of hydrogen-bond donors (Lipinski definition) is 0. The van der Waals surface area contributed by atoms with Gasteiger partial charge in [0.25, 0.3) is 0 Å². The molecular weight excluding hydrogens is 272 g/mol. The van der Waals surface area contributed by atoms with E-state index >= 15 is 0 Å². The predicted octanol–water partition coefficient (Wildman–Crippen LogP) is 3.50.